The van der Waals surface area contributed by atoms with Gasteiger partial charge in [-0.25, -0.2) is 8.42 Å². The molecule has 2 fully saturated rings. The lowest BCUT2D eigenvalue weighted by Crippen LogP contribution is -2.51. The Kier molecular flexibility index (Phi) is 6.34. The second-order valence-electron chi connectivity index (χ2n) is 7.59. The Labute approximate surface area is 163 Å². The summed E-state index contributed by atoms with van der Waals surface area (Å²) in [7, 11) is -3.74. The molecule has 1 aliphatic heterocycles. The molecule has 1 saturated heterocycles. The highest BCUT2D eigenvalue weighted by atomic mass is 32.2. The van der Waals surface area contributed by atoms with E-state index in [2.05, 4.69) is 0 Å². The fraction of sp³-hybridized carbons (Fsp3) is 0.632. The van der Waals surface area contributed by atoms with E-state index in [0.29, 0.717) is 25.4 Å². The van der Waals surface area contributed by atoms with Gasteiger partial charge in [-0.3, -0.25) is 4.79 Å². The highest BCUT2D eigenvalue weighted by Gasteiger charge is 2.32. The van der Waals surface area contributed by atoms with E-state index in [1.807, 2.05) is 0 Å². The minimum absolute atomic E-state index is 0.0711. The van der Waals surface area contributed by atoms with Crippen molar-refractivity contribution in [2.45, 2.75) is 44.0 Å². The van der Waals surface area contributed by atoms with Crippen LogP contribution in [0.2, 0.25) is 0 Å². The normalized spacial score (nSPS) is 19.9. The van der Waals surface area contributed by atoms with Crippen LogP contribution in [-0.2, 0) is 26.7 Å². The van der Waals surface area contributed by atoms with Gasteiger partial charge in [-0.2, -0.15) is 17.5 Å². The van der Waals surface area contributed by atoms with Gasteiger partial charge in [0.2, 0.25) is 15.9 Å². The lowest BCUT2D eigenvalue weighted by Gasteiger charge is -2.34. The summed E-state index contributed by atoms with van der Waals surface area (Å²) >= 11 is 0. The molecule has 3 rings (SSSR count). The molecule has 0 bridgehead atoms. The van der Waals surface area contributed by atoms with Crippen LogP contribution in [0.3, 0.4) is 0 Å². The predicted molar refractivity (Wildman–Crippen MR) is 98.8 cm³/mol. The van der Waals surface area contributed by atoms with Gasteiger partial charge in [0, 0.05) is 32.6 Å². The van der Waals surface area contributed by atoms with E-state index in [4.69, 9.17) is 0 Å². The molecule has 1 aromatic rings. The summed E-state index contributed by atoms with van der Waals surface area (Å²) in [5.74, 6) is 0.0319. The molecule has 0 unspecified atom stereocenters. The molecule has 1 aliphatic carbocycles. The third-order valence-corrected chi connectivity index (χ3v) is 7.38. The molecular formula is C19H25F3N2O3S. The Balaban J connectivity index is 1.56. The van der Waals surface area contributed by atoms with Crippen molar-refractivity contribution in [2.75, 3.05) is 26.2 Å². The first kappa shape index (κ1) is 21.1. The molecule has 0 aromatic heterocycles. The van der Waals surface area contributed by atoms with Crippen LogP contribution in [0, 0.1) is 5.92 Å². The van der Waals surface area contributed by atoms with E-state index in [0.717, 1.165) is 25.0 Å². The van der Waals surface area contributed by atoms with Gasteiger partial charge in [0.1, 0.15) is 0 Å². The number of hydrogen-bond acceptors (Lipinski definition) is 3. The number of halogens is 3. The summed E-state index contributed by atoms with van der Waals surface area (Å²) in [5, 5.41) is 0. The maximum Gasteiger partial charge on any atom is 0.416 e. The fourth-order valence-corrected chi connectivity index (χ4v) is 5.45. The smallest absolute Gasteiger partial charge is 0.340 e. The first-order valence-electron chi connectivity index (χ1n) is 9.57. The molecule has 1 aromatic carbocycles. The summed E-state index contributed by atoms with van der Waals surface area (Å²) in [6, 6.07) is 4.39. The van der Waals surface area contributed by atoms with Crippen molar-refractivity contribution in [3.05, 3.63) is 35.4 Å². The van der Waals surface area contributed by atoms with Gasteiger partial charge in [-0.1, -0.05) is 31.0 Å². The van der Waals surface area contributed by atoms with Crippen LogP contribution >= 0.6 is 0 Å². The molecule has 1 amide bonds. The summed E-state index contributed by atoms with van der Waals surface area (Å²) in [6.07, 6.45) is 0.509. The van der Waals surface area contributed by atoms with Crippen molar-refractivity contribution in [1.29, 1.82) is 0 Å². The van der Waals surface area contributed by atoms with Crippen LogP contribution < -0.4 is 0 Å². The number of benzene rings is 1. The van der Waals surface area contributed by atoms with Crippen molar-refractivity contribution in [2.24, 2.45) is 5.92 Å². The Bertz CT molecular complexity index is 797. The number of carbonyl (C=O) groups is 1. The van der Waals surface area contributed by atoms with E-state index in [-0.39, 0.29) is 24.6 Å². The molecule has 28 heavy (non-hydrogen) atoms. The zero-order valence-corrected chi connectivity index (χ0v) is 16.4. The standard InChI is InChI=1S/C19H25F3N2O3S/c20-19(21,22)17-7-3-6-16(12-17)14-28(26,27)24-10-8-23(9-11-24)18(25)13-15-4-1-2-5-15/h3,6-7,12,15H,1-2,4-5,8-11,13-14H2. The predicted octanol–water partition coefficient (Wildman–Crippen LogP) is 3.26. The van der Waals surface area contributed by atoms with Gasteiger partial charge >= 0.3 is 6.18 Å². The van der Waals surface area contributed by atoms with Gasteiger partial charge in [0.25, 0.3) is 0 Å². The number of piperazine rings is 1. The van der Waals surface area contributed by atoms with Gasteiger partial charge in [-0.05, 0) is 30.4 Å². The lowest BCUT2D eigenvalue weighted by molar-refractivity contribution is -0.137. The Morgan fingerprint density at radius 3 is 2.32 bits per heavy atom. The van der Waals surface area contributed by atoms with Crippen molar-refractivity contribution >= 4 is 15.9 Å². The van der Waals surface area contributed by atoms with Crippen LogP contribution in [0.5, 0.6) is 0 Å². The first-order chi connectivity index (χ1) is 13.1. The number of amides is 1. The molecule has 2 aliphatic rings. The molecule has 9 heteroatoms. The van der Waals surface area contributed by atoms with Gasteiger partial charge in [-0.15, -0.1) is 0 Å². The van der Waals surface area contributed by atoms with Crippen LogP contribution in [-0.4, -0.2) is 49.7 Å². The molecule has 0 atom stereocenters. The second kappa shape index (κ2) is 8.41. The van der Waals surface area contributed by atoms with Crippen LogP contribution in [0.1, 0.15) is 43.2 Å². The summed E-state index contributed by atoms with van der Waals surface area (Å²) in [6.45, 7) is 1.01. The molecule has 0 radical (unpaired) electrons. The van der Waals surface area contributed by atoms with Crippen LogP contribution in [0.15, 0.2) is 24.3 Å². The summed E-state index contributed by atoms with van der Waals surface area (Å²) in [5.41, 5.74) is -0.753. The maximum absolute atomic E-state index is 12.8. The highest BCUT2D eigenvalue weighted by molar-refractivity contribution is 7.88. The second-order valence-corrected chi connectivity index (χ2v) is 9.56. The summed E-state index contributed by atoms with van der Waals surface area (Å²) < 4.78 is 65.0. The Morgan fingerprint density at radius 1 is 1.07 bits per heavy atom. The van der Waals surface area contributed by atoms with Crippen LogP contribution in [0.4, 0.5) is 13.2 Å². The summed E-state index contributed by atoms with van der Waals surface area (Å²) in [4.78, 5) is 14.1. The van der Waals surface area contributed by atoms with Gasteiger partial charge in [0.15, 0.2) is 0 Å². The van der Waals surface area contributed by atoms with E-state index in [1.165, 1.54) is 29.3 Å². The average molecular weight is 418 g/mol. The monoisotopic (exact) mass is 418 g/mol. The van der Waals surface area contributed by atoms with Crippen LogP contribution in [0.25, 0.3) is 0 Å². The van der Waals surface area contributed by atoms with Gasteiger partial charge in [0.05, 0.1) is 11.3 Å². The van der Waals surface area contributed by atoms with E-state index >= 15 is 0 Å². The van der Waals surface area contributed by atoms with Crippen molar-refractivity contribution in [1.82, 2.24) is 9.21 Å². The first-order valence-corrected chi connectivity index (χ1v) is 11.2. The largest absolute Gasteiger partial charge is 0.416 e. The average Bonchev–Trinajstić information content (AvgIpc) is 3.14. The highest BCUT2D eigenvalue weighted by Crippen LogP contribution is 2.30. The van der Waals surface area contributed by atoms with E-state index in [1.54, 1.807) is 4.90 Å². The number of alkyl halides is 3. The molecular weight excluding hydrogens is 393 g/mol. The lowest BCUT2D eigenvalue weighted by atomic mass is 10.0. The quantitative estimate of drug-likeness (QED) is 0.738. The minimum atomic E-state index is -4.51. The van der Waals surface area contributed by atoms with E-state index < -0.39 is 27.5 Å². The zero-order valence-electron chi connectivity index (χ0n) is 15.6. The van der Waals surface area contributed by atoms with Crippen molar-refractivity contribution in [3.8, 4) is 0 Å². The zero-order chi connectivity index (χ0) is 20.4. The number of hydrogen-bond donors (Lipinski definition) is 0. The third kappa shape index (κ3) is 5.26. The number of carbonyl (C=O) groups excluding carboxylic acids is 1. The molecule has 1 saturated carbocycles. The number of nitrogens with zero attached hydrogens (tertiary/aromatic N) is 2. The number of sulfonamides is 1. The SMILES string of the molecule is O=C(CC1CCCC1)N1CCN(S(=O)(=O)Cc2cccc(C(F)(F)F)c2)CC1. The maximum atomic E-state index is 12.8. The minimum Gasteiger partial charge on any atom is -0.340 e. The molecule has 156 valence electrons. The fourth-order valence-electron chi connectivity index (χ4n) is 3.95. The topological polar surface area (TPSA) is 57.7 Å². The van der Waals surface area contributed by atoms with Gasteiger partial charge < -0.3 is 4.90 Å². The molecule has 5 nitrogen and oxygen atoms in total. The van der Waals surface area contributed by atoms with Crippen molar-refractivity contribution < 1.29 is 26.4 Å². The molecule has 1 heterocycles. The number of rotatable bonds is 5. The third-order valence-electron chi connectivity index (χ3n) is 5.53. The molecule has 0 N–H and O–H groups in total. The molecule has 0 spiro atoms. The Morgan fingerprint density at radius 2 is 1.71 bits per heavy atom. The Hall–Kier alpha value is -1.61. The van der Waals surface area contributed by atoms with Crippen molar-refractivity contribution in [3.63, 3.8) is 0 Å². The van der Waals surface area contributed by atoms with E-state index in [9.17, 15) is 26.4 Å².